The van der Waals surface area contributed by atoms with E-state index in [0.29, 0.717) is 6.04 Å². The molecule has 2 fully saturated rings. The number of hydrogen-bond donors (Lipinski definition) is 1. The van der Waals surface area contributed by atoms with Gasteiger partial charge in [-0.05, 0) is 31.0 Å². The van der Waals surface area contributed by atoms with Gasteiger partial charge in [-0.15, -0.1) is 0 Å². The molecule has 0 atom stereocenters. The van der Waals surface area contributed by atoms with E-state index in [1.54, 1.807) is 0 Å². The number of nitrogens with one attached hydrogen (secondary N) is 1. The topological polar surface area (TPSA) is 35.6 Å². The van der Waals surface area contributed by atoms with Crippen LogP contribution in [0.1, 0.15) is 12.8 Å². The zero-order valence-corrected chi connectivity index (χ0v) is 12.4. The summed E-state index contributed by atoms with van der Waals surface area (Å²) >= 11 is 3.50. The third kappa shape index (κ3) is 3.21. The van der Waals surface area contributed by atoms with Crippen molar-refractivity contribution in [2.75, 3.05) is 31.1 Å². The number of urea groups is 1. The highest BCUT2D eigenvalue weighted by molar-refractivity contribution is 9.10. The molecule has 5 heteroatoms. The molecule has 1 aromatic rings. The average Bonchev–Trinajstić information content (AvgIpc) is 3.23. The summed E-state index contributed by atoms with van der Waals surface area (Å²) in [4.78, 5) is 16.2. The van der Waals surface area contributed by atoms with Gasteiger partial charge in [0, 0.05) is 42.4 Å². The molecule has 19 heavy (non-hydrogen) atoms. The predicted octanol–water partition coefficient (Wildman–Crippen LogP) is 2.44. The summed E-state index contributed by atoms with van der Waals surface area (Å²) in [6.45, 7) is 3.39. The molecule has 0 aromatic heterocycles. The number of halogens is 1. The van der Waals surface area contributed by atoms with Crippen LogP contribution in [0.3, 0.4) is 0 Å². The number of piperazine rings is 1. The Balaban J connectivity index is 1.55. The smallest absolute Gasteiger partial charge is 0.317 e. The lowest BCUT2D eigenvalue weighted by molar-refractivity contribution is 0.194. The largest absolute Gasteiger partial charge is 0.368 e. The molecule has 1 aliphatic carbocycles. The fourth-order valence-corrected chi connectivity index (χ4v) is 2.72. The van der Waals surface area contributed by atoms with E-state index in [2.05, 4.69) is 38.3 Å². The van der Waals surface area contributed by atoms with E-state index in [9.17, 15) is 4.79 Å². The summed E-state index contributed by atoms with van der Waals surface area (Å²) in [6, 6.07) is 8.87. The van der Waals surface area contributed by atoms with Gasteiger partial charge in [0.25, 0.3) is 0 Å². The molecular formula is C14H18BrN3O. The standard InChI is InChI=1S/C14H18BrN3O/c15-11-2-1-3-13(10-11)17-6-8-18(9-7-17)14(19)16-12-4-5-12/h1-3,10,12H,4-9H2,(H,16,19). The van der Waals surface area contributed by atoms with Crippen LogP contribution in [0, 0.1) is 0 Å². The molecule has 4 nitrogen and oxygen atoms in total. The highest BCUT2D eigenvalue weighted by atomic mass is 79.9. The van der Waals surface area contributed by atoms with Gasteiger partial charge in [-0.1, -0.05) is 22.0 Å². The maximum absolute atomic E-state index is 11.9. The minimum atomic E-state index is 0.108. The number of carbonyl (C=O) groups is 1. The predicted molar refractivity (Wildman–Crippen MR) is 79.5 cm³/mol. The summed E-state index contributed by atoms with van der Waals surface area (Å²) < 4.78 is 1.10. The van der Waals surface area contributed by atoms with E-state index < -0.39 is 0 Å². The molecule has 1 saturated carbocycles. The Morgan fingerprint density at radius 1 is 1.21 bits per heavy atom. The first-order valence-electron chi connectivity index (χ1n) is 6.78. The van der Waals surface area contributed by atoms with Crippen LogP contribution in [0.15, 0.2) is 28.7 Å². The zero-order chi connectivity index (χ0) is 13.2. The molecule has 2 amide bonds. The Labute approximate surface area is 121 Å². The van der Waals surface area contributed by atoms with Crippen molar-refractivity contribution < 1.29 is 4.79 Å². The lowest BCUT2D eigenvalue weighted by Crippen LogP contribution is -2.52. The van der Waals surface area contributed by atoms with Crippen LogP contribution in [0.2, 0.25) is 0 Å². The fourth-order valence-electron chi connectivity index (χ4n) is 2.33. The number of carbonyl (C=O) groups excluding carboxylic acids is 1. The summed E-state index contributed by atoms with van der Waals surface area (Å²) in [5, 5.41) is 3.05. The van der Waals surface area contributed by atoms with Crippen LogP contribution in [-0.4, -0.2) is 43.2 Å². The van der Waals surface area contributed by atoms with Crippen molar-refractivity contribution >= 4 is 27.6 Å². The van der Waals surface area contributed by atoms with Crippen LogP contribution < -0.4 is 10.2 Å². The van der Waals surface area contributed by atoms with Crippen molar-refractivity contribution in [2.45, 2.75) is 18.9 Å². The molecule has 1 heterocycles. The molecule has 0 spiro atoms. The molecule has 1 N–H and O–H groups in total. The number of amides is 2. The Morgan fingerprint density at radius 2 is 1.95 bits per heavy atom. The van der Waals surface area contributed by atoms with Gasteiger partial charge < -0.3 is 15.1 Å². The van der Waals surface area contributed by atoms with Crippen LogP contribution in [-0.2, 0) is 0 Å². The SMILES string of the molecule is O=C(NC1CC1)N1CCN(c2cccc(Br)c2)CC1. The Morgan fingerprint density at radius 3 is 2.58 bits per heavy atom. The lowest BCUT2D eigenvalue weighted by Gasteiger charge is -2.36. The highest BCUT2D eigenvalue weighted by Gasteiger charge is 2.27. The van der Waals surface area contributed by atoms with Crippen LogP contribution in [0.5, 0.6) is 0 Å². The van der Waals surface area contributed by atoms with Gasteiger partial charge in [-0.2, -0.15) is 0 Å². The van der Waals surface area contributed by atoms with E-state index >= 15 is 0 Å². The summed E-state index contributed by atoms with van der Waals surface area (Å²) in [7, 11) is 0. The van der Waals surface area contributed by atoms with Crippen molar-refractivity contribution in [3.63, 3.8) is 0 Å². The van der Waals surface area contributed by atoms with E-state index in [-0.39, 0.29) is 6.03 Å². The van der Waals surface area contributed by atoms with Gasteiger partial charge >= 0.3 is 6.03 Å². The number of benzene rings is 1. The van der Waals surface area contributed by atoms with Crippen molar-refractivity contribution in [1.82, 2.24) is 10.2 Å². The number of anilines is 1. The molecule has 3 rings (SSSR count). The quantitative estimate of drug-likeness (QED) is 0.907. The summed E-state index contributed by atoms with van der Waals surface area (Å²) in [5.41, 5.74) is 1.22. The second-order valence-electron chi connectivity index (χ2n) is 5.18. The molecular weight excluding hydrogens is 306 g/mol. The van der Waals surface area contributed by atoms with Gasteiger partial charge in [0.05, 0.1) is 0 Å². The van der Waals surface area contributed by atoms with Crippen LogP contribution >= 0.6 is 15.9 Å². The monoisotopic (exact) mass is 323 g/mol. The Hall–Kier alpha value is -1.23. The fraction of sp³-hybridized carbons (Fsp3) is 0.500. The van der Waals surface area contributed by atoms with E-state index in [1.807, 2.05) is 17.0 Å². The van der Waals surface area contributed by atoms with Gasteiger partial charge in [0.15, 0.2) is 0 Å². The van der Waals surface area contributed by atoms with Crippen molar-refractivity contribution in [3.8, 4) is 0 Å². The first-order valence-corrected chi connectivity index (χ1v) is 7.57. The van der Waals surface area contributed by atoms with Crippen molar-refractivity contribution in [1.29, 1.82) is 0 Å². The lowest BCUT2D eigenvalue weighted by atomic mass is 10.2. The first kappa shape index (κ1) is 12.8. The molecule has 2 aliphatic rings. The summed E-state index contributed by atoms with van der Waals surface area (Å²) in [6.07, 6.45) is 2.29. The maximum atomic E-state index is 11.9. The number of rotatable bonds is 2. The summed E-state index contributed by atoms with van der Waals surface area (Å²) in [5.74, 6) is 0. The van der Waals surface area contributed by atoms with Gasteiger partial charge in [-0.3, -0.25) is 0 Å². The third-order valence-electron chi connectivity index (χ3n) is 3.65. The molecule has 0 radical (unpaired) electrons. The Bertz CT molecular complexity index is 468. The molecule has 1 aromatic carbocycles. The second kappa shape index (κ2) is 5.41. The molecule has 0 bridgehead atoms. The van der Waals surface area contributed by atoms with E-state index in [4.69, 9.17) is 0 Å². The van der Waals surface area contributed by atoms with Crippen LogP contribution in [0.25, 0.3) is 0 Å². The van der Waals surface area contributed by atoms with E-state index in [1.165, 1.54) is 5.69 Å². The van der Waals surface area contributed by atoms with Crippen molar-refractivity contribution in [3.05, 3.63) is 28.7 Å². The minimum Gasteiger partial charge on any atom is -0.368 e. The second-order valence-corrected chi connectivity index (χ2v) is 6.09. The van der Waals surface area contributed by atoms with Gasteiger partial charge in [0.1, 0.15) is 0 Å². The maximum Gasteiger partial charge on any atom is 0.317 e. The number of nitrogens with zero attached hydrogens (tertiary/aromatic N) is 2. The van der Waals surface area contributed by atoms with Crippen molar-refractivity contribution in [2.24, 2.45) is 0 Å². The van der Waals surface area contributed by atoms with Crippen LogP contribution in [0.4, 0.5) is 10.5 Å². The highest BCUT2D eigenvalue weighted by Crippen LogP contribution is 2.22. The minimum absolute atomic E-state index is 0.108. The molecule has 1 saturated heterocycles. The zero-order valence-electron chi connectivity index (χ0n) is 10.8. The Kier molecular flexibility index (Phi) is 3.64. The third-order valence-corrected chi connectivity index (χ3v) is 4.14. The average molecular weight is 324 g/mol. The normalized spacial score (nSPS) is 19.4. The molecule has 1 aliphatic heterocycles. The number of hydrogen-bond acceptors (Lipinski definition) is 2. The van der Waals surface area contributed by atoms with Gasteiger partial charge in [0.2, 0.25) is 0 Å². The molecule has 102 valence electrons. The first-order chi connectivity index (χ1) is 9.22. The van der Waals surface area contributed by atoms with E-state index in [0.717, 1.165) is 43.5 Å². The molecule has 0 unspecified atom stereocenters. The van der Waals surface area contributed by atoms with Gasteiger partial charge in [-0.25, -0.2) is 4.79 Å².